The first-order valence-corrected chi connectivity index (χ1v) is 11.5. The van der Waals surface area contributed by atoms with Crippen LogP contribution in [0, 0.1) is 36.0 Å². The Morgan fingerprint density at radius 3 is 2.03 bits per heavy atom. The summed E-state index contributed by atoms with van der Waals surface area (Å²) in [5.41, 5.74) is 2.38. The van der Waals surface area contributed by atoms with Crippen LogP contribution in [0.3, 0.4) is 0 Å². The molecule has 198 valence electrons. The van der Waals surface area contributed by atoms with Crippen molar-refractivity contribution >= 4 is 17.8 Å². The van der Waals surface area contributed by atoms with Gasteiger partial charge < -0.3 is 14.2 Å². The highest BCUT2D eigenvalue weighted by Gasteiger charge is 2.32. The van der Waals surface area contributed by atoms with Crippen LogP contribution in [0.2, 0.25) is 0 Å². The summed E-state index contributed by atoms with van der Waals surface area (Å²) in [5.74, 6) is -13.9. The Kier molecular flexibility index (Phi) is 7.26. The molecule has 1 aliphatic rings. The van der Waals surface area contributed by atoms with Gasteiger partial charge in [0.1, 0.15) is 11.5 Å². The maximum Gasteiger partial charge on any atom is 0.352 e. The summed E-state index contributed by atoms with van der Waals surface area (Å²) in [6.45, 7) is 6.65. The third-order valence-electron chi connectivity index (χ3n) is 5.94. The summed E-state index contributed by atoms with van der Waals surface area (Å²) >= 11 is 0. The summed E-state index contributed by atoms with van der Waals surface area (Å²) < 4.78 is 83.6. The number of carbonyl (C=O) groups is 2. The molecular formula is C28H21F5O5. The predicted octanol–water partition coefficient (Wildman–Crippen LogP) is 6.80. The Hall–Kier alpha value is -4.21. The fourth-order valence-corrected chi connectivity index (χ4v) is 3.71. The number of fused-ring (bicyclic) bond motifs is 1. The second-order valence-electron chi connectivity index (χ2n) is 8.91. The number of benzene rings is 3. The zero-order valence-corrected chi connectivity index (χ0v) is 20.6. The van der Waals surface area contributed by atoms with Gasteiger partial charge in [0.25, 0.3) is 0 Å². The molecule has 3 aromatic carbocycles. The molecule has 0 aliphatic carbocycles. The predicted molar refractivity (Wildman–Crippen MR) is 127 cm³/mol. The van der Waals surface area contributed by atoms with Gasteiger partial charge in [-0.2, -0.15) is 8.78 Å². The molecule has 3 aromatic rings. The molecule has 0 N–H and O–H groups in total. The summed E-state index contributed by atoms with van der Waals surface area (Å²) in [5, 5.41) is 0. The first-order chi connectivity index (χ1) is 17.9. The van der Waals surface area contributed by atoms with Crippen molar-refractivity contribution in [1.29, 1.82) is 0 Å². The Bertz CT molecular complexity index is 1450. The van der Waals surface area contributed by atoms with Crippen molar-refractivity contribution in [2.45, 2.75) is 39.7 Å². The van der Waals surface area contributed by atoms with Gasteiger partial charge in [0.05, 0.1) is 5.56 Å². The van der Waals surface area contributed by atoms with Crippen LogP contribution in [0.25, 0.3) is 6.08 Å². The van der Waals surface area contributed by atoms with E-state index in [9.17, 15) is 31.5 Å². The highest BCUT2D eigenvalue weighted by molar-refractivity contribution is 6.15. The zero-order chi connectivity index (χ0) is 27.9. The van der Waals surface area contributed by atoms with Crippen molar-refractivity contribution in [2.24, 2.45) is 0 Å². The number of ether oxygens (including phenoxy) is 3. The van der Waals surface area contributed by atoms with Crippen LogP contribution in [-0.2, 0) is 4.79 Å². The lowest BCUT2D eigenvalue weighted by Crippen LogP contribution is -2.29. The van der Waals surface area contributed by atoms with E-state index in [2.05, 4.69) is 13.8 Å². The molecule has 0 saturated heterocycles. The minimum atomic E-state index is -2.35. The second kappa shape index (κ2) is 10.3. The van der Waals surface area contributed by atoms with Crippen molar-refractivity contribution in [3.05, 3.63) is 93.5 Å². The Morgan fingerprint density at radius 2 is 1.45 bits per heavy atom. The van der Waals surface area contributed by atoms with Crippen LogP contribution < -0.4 is 14.2 Å². The molecule has 0 aromatic heterocycles. The molecular weight excluding hydrogens is 511 g/mol. The third-order valence-corrected chi connectivity index (χ3v) is 5.94. The van der Waals surface area contributed by atoms with Crippen LogP contribution in [0.1, 0.15) is 53.7 Å². The van der Waals surface area contributed by atoms with E-state index in [0.717, 1.165) is 18.1 Å². The highest BCUT2D eigenvalue weighted by Crippen LogP contribution is 2.39. The van der Waals surface area contributed by atoms with Gasteiger partial charge in [-0.3, -0.25) is 4.79 Å². The lowest BCUT2D eigenvalue weighted by molar-refractivity contribution is -0.141. The van der Waals surface area contributed by atoms with Crippen molar-refractivity contribution < 1.29 is 45.8 Å². The standard InChI is InChI=1S/C28H21F5O5/c1-12(2)16-7-5-15(6-8-16)11-19-25(34)17-9-10-18(13(3)26(17)37-19)38-28(35)14(4)36-27-23(32)21(30)20(29)22(31)24(27)33/h5-12,14H,1-4H3/b19-11-. The summed E-state index contributed by atoms with van der Waals surface area (Å²) in [7, 11) is 0. The molecule has 0 spiro atoms. The van der Waals surface area contributed by atoms with Crippen molar-refractivity contribution in [2.75, 3.05) is 0 Å². The molecule has 0 bridgehead atoms. The number of allylic oxidation sites excluding steroid dienone is 1. The fraction of sp³-hybridized carbons (Fsp3) is 0.214. The number of Topliss-reactive ketones (excluding diaryl/α,β-unsaturated/α-hetero) is 1. The first kappa shape index (κ1) is 26.8. The number of hydrogen-bond donors (Lipinski definition) is 0. The lowest BCUT2D eigenvalue weighted by atomic mass is 10.0. The highest BCUT2D eigenvalue weighted by atomic mass is 19.2. The van der Waals surface area contributed by atoms with Crippen molar-refractivity contribution in [3.63, 3.8) is 0 Å². The molecule has 0 amide bonds. The van der Waals surface area contributed by atoms with E-state index in [1.807, 2.05) is 24.3 Å². The van der Waals surface area contributed by atoms with E-state index >= 15 is 0 Å². The summed E-state index contributed by atoms with van der Waals surface area (Å²) in [6.07, 6.45) is -0.180. The minimum Gasteiger partial charge on any atom is -0.473 e. The molecule has 38 heavy (non-hydrogen) atoms. The lowest BCUT2D eigenvalue weighted by Gasteiger charge is -2.16. The van der Waals surface area contributed by atoms with Gasteiger partial charge in [-0.1, -0.05) is 38.1 Å². The molecule has 1 heterocycles. The molecule has 5 nitrogen and oxygen atoms in total. The molecule has 1 aliphatic heterocycles. The Morgan fingerprint density at radius 1 is 0.868 bits per heavy atom. The number of ketones is 1. The molecule has 0 saturated carbocycles. The quantitative estimate of drug-likeness (QED) is 0.0873. The van der Waals surface area contributed by atoms with Gasteiger partial charge in [-0.15, -0.1) is 0 Å². The van der Waals surface area contributed by atoms with E-state index < -0.39 is 46.9 Å². The fourth-order valence-electron chi connectivity index (χ4n) is 3.71. The van der Waals surface area contributed by atoms with Crippen LogP contribution in [-0.4, -0.2) is 17.9 Å². The second-order valence-corrected chi connectivity index (χ2v) is 8.91. The normalized spacial score (nSPS) is 14.5. The van der Waals surface area contributed by atoms with Gasteiger partial charge in [0.2, 0.25) is 34.9 Å². The number of halogens is 5. The number of rotatable bonds is 6. The zero-order valence-electron chi connectivity index (χ0n) is 20.6. The SMILES string of the molecule is Cc1c(OC(=O)C(C)Oc2c(F)c(F)c(F)c(F)c2F)ccc2c1O/C(=C\c1ccc(C(C)C)cc1)C2=O. The smallest absolute Gasteiger partial charge is 0.352 e. The van der Waals surface area contributed by atoms with E-state index in [0.29, 0.717) is 5.92 Å². The summed E-state index contributed by atoms with van der Waals surface area (Å²) in [4.78, 5) is 25.3. The maximum atomic E-state index is 13.9. The van der Waals surface area contributed by atoms with Crippen molar-refractivity contribution in [1.82, 2.24) is 0 Å². The van der Waals surface area contributed by atoms with E-state index in [4.69, 9.17) is 14.2 Å². The third kappa shape index (κ3) is 4.85. The molecule has 1 unspecified atom stereocenters. The van der Waals surface area contributed by atoms with E-state index in [1.165, 1.54) is 19.1 Å². The number of hydrogen-bond acceptors (Lipinski definition) is 5. The molecule has 1 atom stereocenters. The largest absolute Gasteiger partial charge is 0.473 e. The minimum absolute atomic E-state index is 0.0584. The topological polar surface area (TPSA) is 61.8 Å². The first-order valence-electron chi connectivity index (χ1n) is 11.5. The van der Waals surface area contributed by atoms with Crippen LogP contribution >= 0.6 is 0 Å². The van der Waals surface area contributed by atoms with Gasteiger partial charge >= 0.3 is 5.97 Å². The number of carbonyl (C=O) groups excluding carboxylic acids is 2. The average molecular weight is 532 g/mol. The van der Waals surface area contributed by atoms with Gasteiger partial charge in [0, 0.05) is 5.56 Å². The van der Waals surface area contributed by atoms with Crippen LogP contribution in [0.4, 0.5) is 22.0 Å². The van der Waals surface area contributed by atoms with Gasteiger partial charge in [-0.05, 0) is 49.1 Å². The average Bonchev–Trinajstić information content (AvgIpc) is 3.21. The molecule has 0 fully saturated rings. The van der Waals surface area contributed by atoms with Crippen LogP contribution in [0.5, 0.6) is 17.2 Å². The van der Waals surface area contributed by atoms with Gasteiger partial charge in [0.15, 0.2) is 17.6 Å². The Labute approximate surface area is 214 Å². The van der Waals surface area contributed by atoms with Crippen molar-refractivity contribution in [3.8, 4) is 17.2 Å². The summed E-state index contributed by atoms with van der Waals surface area (Å²) in [6, 6.07) is 10.3. The van der Waals surface area contributed by atoms with Crippen LogP contribution in [0.15, 0.2) is 42.2 Å². The van der Waals surface area contributed by atoms with E-state index in [1.54, 1.807) is 6.08 Å². The molecule has 4 rings (SSSR count). The Balaban J connectivity index is 1.52. The van der Waals surface area contributed by atoms with Gasteiger partial charge in [-0.25, -0.2) is 18.0 Å². The number of esters is 1. The van der Waals surface area contributed by atoms with E-state index in [-0.39, 0.29) is 34.2 Å². The monoisotopic (exact) mass is 532 g/mol. The maximum absolute atomic E-state index is 13.9. The molecule has 10 heteroatoms. The molecule has 0 radical (unpaired) electrons.